The Hall–Kier alpha value is -3.03. The Bertz CT molecular complexity index is 629. The molecule has 0 fully saturated rings. The van der Waals surface area contributed by atoms with E-state index in [-0.39, 0.29) is 11.3 Å². The summed E-state index contributed by atoms with van der Waals surface area (Å²) in [4.78, 5) is 29.6. The zero-order chi connectivity index (χ0) is 13.8. The van der Waals surface area contributed by atoms with Crippen molar-refractivity contribution in [1.29, 1.82) is 0 Å². The largest absolute Gasteiger partial charge is 0.393 e. The number of rotatable bonds is 3. The lowest BCUT2D eigenvalue weighted by Crippen LogP contribution is -2.15. The minimum absolute atomic E-state index is 0.0676. The Kier molecular flexibility index (Phi) is 3.33. The van der Waals surface area contributed by atoms with Crippen molar-refractivity contribution in [3.05, 3.63) is 52.6 Å². The summed E-state index contributed by atoms with van der Waals surface area (Å²) in [5, 5.41) is 13.4. The van der Waals surface area contributed by atoms with Gasteiger partial charge in [0.05, 0.1) is 23.0 Å². The Morgan fingerprint density at radius 3 is 2.63 bits per heavy atom. The summed E-state index contributed by atoms with van der Waals surface area (Å²) in [5.74, 6) is -0.645. The SMILES string of the molecule is Nc1cccc(C(=O)Nc2cncnc2)c1[N+](=O)[O-]. The fourth-order valence-corrected chi connectivity index (χ4v) is 1.51. The molecule has 0 aliphatic rings. The van der Waals surface area contributed by atoms with Crippen LogP contribution in [0.25, 0.3) is 0 Å². The Morgan fingerprint density at radius 1 is 1.32 bits per heavy atom. The molecule has 0 aliphatic heterocycles. The van der Waals surface area contributed by atoms with Gasteiger partial charge in [0.2, 0.25) is 0 Å². The van der Waals surface area contributed by atoms with E-state index in [4.69, 9.17) is 5.73 Å². The lowest BCUT2D eigenvalue weighted by Gasteiger charge is -2.06. The number of hydrogen-bond acceptors (Lipinski definition) is 6. The molecule has 2 aromatic rings. The zero-order valence-corrected chi connectivity index (χ0v) is 9.61. The molecule has 2 rings (SSSR count). The van der Waals surface area contributed by atoms with Gasteiger partial charge in [-0.3, -0.25) is 14.9 Å². The van der Waals surface area contributed by atoms with Crippen LogP contribution in [0.3, 0.4) is 0 Å². The van der Waals surface area contributed by atoms with E-state index in [1.807, 2.05) is 0 Å². The summed E-state index contributed by atoms with van der Waals surface area (Å²) >= 11 is 0. The molecule has 0 atom stereocenters. The molecule has 0 bridgehead atoms. The van der Waals surface area contributed by atoms with E-state index in [9.17, 15) is 14.9 Å². The van der Waals surface area contributed by atoms with E-state index in [0.29, 0.717) is 5.69 Å². The molecule has 3 N–H and O–H groups in total. The first kappa shape index (κ1) is 12.4. The van der Waals surface area contributed by atoms with Crippen LogP contribution in [0.5, 0.6) is 0 Å². The molecular weight excluding hydrogens is 250 g/mol. The average molecular weight is 259 g/mol. The molecule has 0 unspecified atom stereocenters. The van der Waals surface area contributed by atoms with E-state index in [0.717, 1.165) is 0 Å². The van der Waals surface area contributed by atoms with Gasteiger partial charge in [0.25, 0.3) is 5.91 Å². The first-order chi connectivity index (χ1) is 9.09. The summed E-state index contributed by atoms with van der Waals surface area (Å²) in [6.07, 6.45) is 4.06. The van der Waals surface area contributed by atoms with Gasteiger partial charge in [0, 0.05) is 0 Å². The number of aromatic nitrogens is 2. The highest BCUT2D eigenvalue weighted by Crippen LogP contribution is 2.26. The number of nitrogens with zero attached hydrogens (tertiary/aromatic N) is 3. The van der Waals surface area contributed by atoms with E-state index >= 15 is 0 Å². The predicted octanol–water partition coefficient (Wildman–Crippen LogP) is 1.22. The Labute approximate surface area is 107 Å². The zero-order valence-electron chi connectivity index (χ0n) is 9.61. The topological polar surface area (TPSA) is 124 Å². The lowest BCUT2D eigenvalue weighted by molar-refractivity contribution is -0.384. The van der Waals surface area contributed by atoms with Gasteiger partial charge in [-0.1, -0.05) is 6.07 Å². The van der Waals surface area contributed by atoms with E-state index in [1.165, 1.54) is 36.9 Å². The summed E-state index contributed by atoms with van der Waals surface area (Å²) in [6, 6.07) is 4.16. The molecule has 8 heteroatoms. The predicted molar refractivity (Wildman–Crippen MR) is 67.5 cm³/mol. The van der Waals surface area contributed by atoms with Crippen molar-refractivity contribution in [3.8, 4) is 0 Å². The number of amides is 1. The van der Waals surface area contributed by atoms with Crippen LogP contribution in [-0.2, 0) is 0 Å². The molecule has 0 radical (unpaired) electrons. The minimum Gasteiger partial charge on any atom is -0.393 e. The maximum atomic E-state index is 12.0. The van der Waals surface area contributed by atoms with Gasteiger partial charge < -0.3 is 11.1 Å². The number of carbonyl (C=O) groups is 1. The number of nitrogen functional groups attached to an aromatic ring is 1. The Balaban J connectivity index is 2.35. The van der Waals surface area contributed by atoms with Crippen LogP contribution in [-0.4, -0.2) is 20.8 Å². The normalized spacial score (nSPS) is 9.89. The molecule has 0 saturated carbocycles. The van der Waals surface area contributed by atoms with Crippen LogP contribution < -0.4 is 11.1 Å². The second-order valence-corrected chi connectivity index (χ2v) is 3.58. The van der Waals surface area contributed by atoms with Crippen LogP contribution in [0.2, 0.25) is 0 Å². The maximum absolute atomic E-state index is 12.0. The number of para-hydroxylation sites is 1. The lowest BCUT2D eigenvalue weighted by atomic mass is 10.1. The number of carbonyl (C=O) groups excluding carboxylic acids is 1. The highest BCUT2D eigenvalue weighted by atomic mass is 16.6. The quantitative estimate of drug-likeness (QED) is 0.485. The van der Waals surface area contributed by atoms with Gasteiger partial charge in [0.15, 0.2) is 0 Å². The summed E-state index contributed by atoms with van der Waals surface area (Å²) in [5.41, 5.74) is 5.24. The number of nitrogens with one attached hydrogen (secondary N) is 1. The van der Waals surface area contributed by atoms with Crippen molar-refractivity contribution in [3.63, 3.8) is 0 Å². The van der Waals surface area contributed by atoms with Gasteiger partial charge in [-0.15, -0.1) is 0 Å². The third-order valence-electron chi connectivity index (χ3n) is 2.31. The van der Waals surface area contributed by atoms with Crippen LogP contribution in [0.15, 0.2) is 36.9 Å². The monoisotopic (exact) mass is 259 g/mol. The van der Waals surface area contributed by atoms with Crippen molar-refractivity contribution in [1.82, 2.24) is 9.97 Å². The number of nitrogens with two attached hydrogens (primary N) is 1. The van der Waals surface area contributed by atoms with Gasteiger partial charge >= 0.3 is 5.69 Å². The molecule has 1 aromatic heterocycles. The second kappa shape index (κ2) is 5.08. The second-order valence-electron chi connectivity index (χ2n) is 3.58. The van der Waals surface area contributed by atoms with E-state index < -0.39 is 16.5 Å². The van der Waals surface area contributed by atoms with Gasteiger partial charge in [-0.2, -0.15) is 0 Å². The maximum Gasteiger partial charge on any atom is 0.304 e. The number of nitro benzene ring substituents is 1. The third kappa shape index (κ3) is 2.63. The Morgan fingerprint density at radius 2 is 2.00 bits per heavy atom. The fraction of sp³-hybridized carbons (Fsp3) is 0. The third-order valence-corrected chi connectivity index (χ3v) is 2.31. The summed E-state index contributed by atoms with van der Waals surface area (Å²) < 4.78 is 0. The first-order valence-electron chi connectivity index (χ1n) is 5.19. The number of nitro groups is 1. The number of hydrogen-bond donors (Lipinski definition) is 2. The molecule has 0 spiro atoms. The molecule has 19 heavy (non-hydrogen) atoms. The molecule has 0 aliphatic carbocycles. The molecule has 1 heterocycles. The van der Waals surface area contributed by atoms with Crippen LogP contribution in [0, 0.1) is 10.1 Å². The van der Waals surface area contributed by atoms with Gasteiger partial charge in [-0.05, 0) is 12.1 Å². The smallest absolute Gasteiger partial charge is 0.304 e. The minimum atomic E-state index is -0.689. The molecular formula is C11H9N5O3. The van der Waals surface area contributed by atoms with Crippen LogP contribution in [0.1, 0.15) is 10.4 Å². The van der Waals surface area contributed by atoms with Gasteiger partial charge in [0.1, 0.15) is 17.6 Å². The molecule has 1 aromatic carbocycles. The van der Waals surface area contributed by atoms with Crippen LogP contribution >= 0.6 is 0 Å². The van der Waals surface area contributed by atoms with Crippen molar-refractivity contribution in [2.24, 2.45) is 0 Å². The van der Waals surface area contributed by atoms with Crippen LogP contribution in [0.4, 0.5) is 17.1 Å². The number of anilines is 2. The van der Waals surface area contributed by atoms with E-state index in [2.05, 4.69) is 15.3 Å². The average Bonchev–Trinajstić information content (AvgIpc) is 2.39. The summed E-state index contributed by atoms with van der Waals surface area (Å²) in [6.45, 7) is 0. The standard InChI is InChI=1S/C11H9N5O3/c12-9-3-1-2-8(10(9)16(18)19)11(17)15-7-4-13-6-14-5-7/h1-6H,12H2,(H,15,17). The fourth-order valence-electron chi connectivity index (χ4n) is 1.51. The molecule has 1 amide bonds. The van der Waals surface area contributed by atoms with E-state index in [1.54, 1.807) is 0 Å². The first-order valence-corrected chi connectivity index (χ1v) is 5.19. The van der Waals surface area contributed by atoms with Crippen molar-refractivity contribution < 1.29 is 9.72 Å². The number of benzene rings is 1. The van der Waals surface area contributed by atoms with Crippen molar-refractivity contribution in [2.75, 3.05) is 11.1 Å². The molecule has 0 saturated heterocycles. The van der Waals surface area contributed by atoms with Crippen molar-refractivity contribution >= 4 is 23.0 Å². The van der Waals surface area contributed by atoms with Gasteiger partial charge in [-0.25, -0.2) is 9.97 Å². The molecule has 8 nitrogen and oxygen atoms in total. The highest BCUT2D eigenvalue weighted by molar-refractivity contribution is 6.08. The highest BCUT2D eigenvalue weighted by Gasteiger charge is 2.23. The molecule has 96 valence electrons. The summed E-state index contributed by atoms with van der Waals surface area (Å²) in [7, 11) is 0. The van der Waals surface area contributed by atoms with Crippen molar-refractivity contribution in [2.45, 2.75) is 0 Å².